The molecule has 23 heavy (non-hydrogen) atoms. The van der Waals surface area contributed by atoms with Crippen molar-refractivity contribution in [3.63, 3.8) is 0 Å². The van der Waals surface area contributed by atoms with E-state index in [1.54, 1.807) is 23.0 Å². The lowest BCUT2D eigenvalue weighted by Gasteiger charge is -2.03. The molecule has 0 spiro atoms. The third kappa shape index (κ3) is 3.48. The fourth-order valence-corrected chi connectivity index (χ4v) is 3.01. The monoisotopic (exact) mass is 329 g/mol. The highest BCUT2D eigenvalue weighted by atomic mass is 32.1. The molecule has 2 heterocycles. The number of thiazole rings is 1. The van der Waals surface area contributed by atoms with Gasteiger partial charge >= 0.3 is 0 Å². The summed E-state index contributed by atoms with van der Waals surface area (Å²) in [6.45, 7) is 4.52. The Morgan fingerprint density at radius 1 is 1.22 bits per heavy atom. The second-order valence-electron chi connectivity index (χ2n) is 4.89. The largest absolute Gasteiger partial charge is 0.460 e. The number of furan rings is 1. The lowest BCUT2D eigenvalue weighted by Crippen LogP contribution is -2.12. The average Bonchev–Trinajstić information content (AvgIpc) is 3.13. The van der Waals surface area contributed by atoms with E-state index in [-0.39, 0.29) is 5.82 Å². The molecule has 0 saturated carbocycles. The molecule has 0 aliphatic heterocycles. The van der Waals surface area contributed by atoms with Gasteiger partial charge < -0.3 is 4.42 Å². The summed E-state index contributed by atoms with van der Waals surface area (Å²) in [6, 6.07) is 10.1. The molecule has 3 aromatic rings. The van der Waals surface area contributed by atoms with Crippen LogP contribution in [0.15, 0.2) is 56.3 Å². The molecule has 0 bridgehead atoms. The molecule has 3 rings (SSSR count). The van der Waals surface area contributed by atoms with E-state index in [4.69, 9.17) is 4.42 Å². The fourth-order valence-electron chi connectivity index (χ4n) is 2.11. The number of hydrogen-bond donors (Lipinski definition) is 0. The van der Waals surface area contributed by atoms with Gasteiger partial charge in [-0.2, -0.15) is 5.10 Å². The highest BCUT2D eigenvalue weighted by Gasteiger charge is 2.07. The summed E-state index contributed by atoms with van der Waals surface area (Å²) in [7, 11) is 0. The Morgan fingerprint density at radius 2 is 2.00 bits per heavy atom. The van der Waals surface area contributed by atoms with Crippen molar-refractivity contribution in [2.45, 2.75) is 13.8 Å². The second-order valence-corrected chi connectivity index (χ2v) is 5.73. The van der Waals surface area contributed by atoms with Crippen molar-refractivity contribution in [2.24, 2.45) is 10.1 Å². The summed E-state index contributed by atoms with van der Waals surface area (Å²) in [5.41, 5.74) is 1.75. The van der Waals surface area contributed by atoms with E-state index in [2.05, 4.69) is 10.1 Å². The Labute approximate surface area is 137 Å². The molecule has 4 nitrogen and oxygen atoms in total. The Kier molecular flexibility index (Phi) is 4.52. The molecule has 0 N–H and O–H groups in total. The molecule has 0 fully saturated rings. The van der Waals surface area contributed by atoms with Gasteiger partial charge in [0, 0.05) is 17.5 Å². The number of halogens is 1. The first-order chi connectivity index (χ1) is 11.2. The Balaban J connectivity index is 2.06. The molecule has 0 amide bonds. The van der Waals surface area contributed by atoms with Crippen LogP contribution in [0.4, 0.5) is 4.39 Å². The standard InChI is InChI=1S/C17H16FN3OS/c1-3-19-17-21(20-10-15-9-4-12(2)22-15)16(11-23-17)13-5-7-14(18)8-6-13/h4-11H,3H2,1-2H3/b19-17?,20-10-. The zero-order chi connectivity index (χ0) is 16.2. The van der Waals surface area contributed by atoms with E-state index < -0.39 is 0 Å². The third-order valence-electron chi connectivity index (χ3n) is 3.18. The summed E-state index contributed by atoms with van der Waals surface area (Å²) in [6.07, 6.45) is 1.65. The molecule has 0 aliphatic rings. The van der Waals surface area contributed by atoms with Crippen molar-refractivity contribution >= 4 is 17.6 Å². The summed E-state index contributed by atoms with van der Waals surface area (Å²) >= 11 is 1.50. The number of aromatic nitrogens is 1. The average molecular weight is 329 g/mol. The van der Waals surface area contributed by atoms with E-state index in [0.717, 1.165) is 21.8 Å². The predicted molar refractivity (Wildman–Crippen MR) is 90.2 cm³/mol. The molecule has 0 atom stereocenters. The Morgan fingerprint density at radius 3 is 2.65 bits per heavy atom. The molecule has 1 aromatic carbocycles. The van der Waals surface area contributed by atoms with Crippen molar-refractivity contribution < 1.29 is 8.81 Å². The Hall–Kier alpha value is -2.47. The van der Waals surface area contributed by atoms with Crippen LogP contribution in [0.25, 0.3) is 11.3 Å². The molecule has 118 valence electrons. The maximum absolute atomic E-state index is 13.1. The van der Waals surface area contributed by atoms with Gasteiger partial charge in [-0.1, -0.05) is 0 Å². The maximum atomic E-state index is 13.1. The van der Waals surface area contributed by atoms with Crippen molar-refractivity contribution in [2.75, 3.05) is 6.54 Å². The van der Waals surface area contributed by atoms with Gasteiger partial charge in [-0.15, -0.1) is 11.3 Å². The molecule has 6 heteroatoms. The fraction of sp³-hybridized carbons (Fsp3) is 0.176. The zero-order valence-electron chi connectivity index (χ0n) is 12.9. The van der Waals surface area contributed by atoms with Crippen LogP contribution >= 0.6 is 11.3 Å². The topological polar surface area (TPSA) is 42.8 Å². The first-order valence-corrected chi connectivity index (χ1v) is 8.13. The lowest BCUT2D eigenvalue weighted by molar-refractivity contribution is 0.527. The van der Waals surface area contributed by atoms with Gasteiger partial charge in [-0.05, 0) is 50.2 Å². The normalized spacial score (nSPS) is 12.4. The lowest BCUT2D eigenvalue weighted by atomic mass is 10.2. The summed E-state index contributed by atoms with van der Waals surface area (Å²) < 4.78 is 20.4. The smallest absolute Gasteiger partial charge is 0.206 e. The van der Waals surface area contributed by atoms with Crippen LogP contribution in [0.5, 0.6) is 0 Å². The molecule has 0 radical (unpaired) electrons. The molecular weight excluding hydrogens is 313 g/mol. The summed E-state index contributed by atoms with van der Waals surface area (Å²) in [5.74, 6) is 1.25. The van der Waals surface area contributed by atoms with Crippen LogP contribution in [0.2, 0.25) is 0 Å². The number of aryl methyl sites for hydroxylation is 1. The van der Waals surface area contributed by atoms with Gasteiger partial charge in [0.1, 0.15) is 17.3 Å². The molecule has 2 aromatic heterocycles. The minimum absolute atomic E-state index is 0.261. The van der Waals surface area contributed by atoms with Crippen LogP contribution in [0.1, 0.15) is 18.4 Å². The van der Waals surface area contributed by atoms with E-state index in [9.17, 15) is 4.39 Å². The van der Waals surface area contributed by atoms with E-state index in [0.29, 0.717) is 12.3 Å². The first-order valence-electron chi connectivity index (χ1n) is 7.25. The molecule has 0 unspecified atom stereocenters. The quantitative estimate of drug-likeness (QED) is 0.666. The van der Waals surface area contributed by atoms with Crippen molar-refractivity contribution in [3.05, 3.63) is 63.9 Å². The number of rotatable bonds is 4. The third-order valence-corrected chi connectivity index (χ3v) is 4.03. The molecule has 0 aliphatic carbocycles. The van der Waals surface area contributed by atoms with Crippen LogP contribution in [0, 0.1) is 12.7 Å². The van der Waals surface area contributed by atoms with Gasteiger partial charge in [0.15, 0.2) is 0 Å². The van der Waals surface area contributed by atoms with Gasteiger partial charge in [-0.25, -0.2) is 9.07 Å². The van der Waals surface area contributed by atoms with Crippen molar-refractivity contribution in [3.8, 4) is 11.3 Å². The van der Waals surface area contributed by atoms with Gasteiger partial charge in [0.2, 0.25) is 4.80 Å². The van der Waals surface area contributed by atoms with Crippen molar-refractivity contribution in [1.82, 2.24) is 4.68 Å². The van der Waals surface area contributed by atoms with Crippen LogP contribution < -0.4 is 4.80 Å². The minimum Gasteiger partial charge on any atom is -0.460 e. The van der Waals surface area contributed by atoms with E-state index in [1.165, 1.54) is 23.5 Å². The number of benzene rings is 1. The van der Waals surface area contributed by atoms with Crippen LogP contribution in [-0.4, -0.2) is 17.4 Å². The zero-order valence-corrected chi connectivity index (χ0v) is 13.7. The van der Waals surface area contributed by atoms with Gasteiger partial charge in [0.05, 0.1) is 11.9 Å². The summed E-state index contributed by atoms with van der Waals surface area (Å²) in [4.78, 5) is 5.23. The molecule has 0 saturated heterocycles. The van der Waals surface area contributed by atoms with Crippen LogP contribution in [-0.2, 0) is 0 Å². The summed E-state index contributed by atoms with van der Waals surface area (Å²) in [5, 5.41) is 6.45. The van der Waals surface area contributed by atoms with Crippen LogP contribution in [0.3, 0.4) is 0 Å². The highest BCUT2D eigenvalue weighted by Crippen LogP contribution is 2.20. The van der Waals surface area contributed by atoms with Crippen molar-refractivity contribution in [1.29, 1.82) is 0 Å². The Bertz CT molecular complexity index is 887. The van der Waals surface area contributed by atoms with Gasteiger partial charge in [0.25, 0.3) is 0 Å². The maximum Gasteiger partial charge on any atom is 0.206 e. The molecular formula is C17H16FN3OS. The highest BCUT2D eigenvalue weighted by molar-refractivity contribution is 7.07. The van der Waals surface area contributed by atoms with E-state index in [1.807, 2.05) is 31.4 Å². The number of nitrogens with zero attached hydrogens (tertiary/aromatic N) is 3. The second kappa shape index (κ2) is 6.75. The van der Waals surface area contributed by atoms with E-state index >= 15 is 0 Å². The van der Waals surface area contributed by atoms with Gasteiger partial charge in [-0.3, -0.25) is 4.99 Å². The number of hydrogen-bond acceptors (Lipinski definition) is 4. The first kappa shape index (κ1) is 15.4. The SMILES string of the molecule is CCN=c1scc(-c2ccc(F)cc2)n1/N=C\c1ccc(C)o1. The minimum atomic E-state index is -0.261. The predicted octanol–water partition coefficient (Wildman–Crippen LogP) is 4.06.